The second kappa shape index (κ2) is 6.09. The lowest BCUT2D eigenvalue weighted by Crippen LogP contribution is -2.29. The summed E-state index contributed by atoms with van der Waals surface area (Å²) in [5.74, 6) is -0.770. The van der Waals surface area contributed by atoms with Crippen molar-refractivity contribution in [2.45, 2.75) is 44.5 Å². The van der Waals surface area contributed by atoms with Crippen LogP contribution < -0.4 is 9.47 Å². The second-order valence-electron chi connectivity index (χ2n) is 5.66. The molecule has 1 aromatic rings. The fraction of sp³-hybridized carbons (Fsp3) is 0.562. The Morgan fingerprint density at radius 3 is 2.61 bits per heavy atom. The Morgan fingerprint density at radius 1 is 1.30 bits per heavy atom. The lowest BCUT2D eigenvalue weighted by molar-refractivity contribution is -0.0234. The molecule has 0 spiro atoms. The summed E-state index contributed by atoms with van der Waals surface area (Å²) in [4.78, 5) is 12.3. The van der Waals surface area contributed by atoms with Crippen LogP contribution in [0.1, 0.15) is 48.2 Å². The number of carbonyl (C=O) groups excluding carboxylic acids is 1. The largest absolute Gasteiger partial charge is 0.504 e. The van der Waals surface area contributed by atoms with Gasteiger partial charge in [0, 0.05) is 12.0 Å². The smallest absolute Gasteiger partial charge is 0.342 e. The number of rotatable bonds is 4. The minimum absolute atomic E-state index is 0.0000519. The van der Waals surface area contributed by atoms with Crippen molar-refractivity contribution in [1.29, 1.82) is 0 Å². The number of halogens is 1. The van der Waals surface area contributed by atoms with Crippen molar-refractivity contribution in [3.63, 3.8) is 0 Å². The van der Waals surface area contributed by atoms with Gasteiger partial charge in [0.1, 0.15) is 17.8 Å². The van der Waals surface area contributed by atoms with Gasteiger partial charge in [0.15, 0.2) is 11.5 Å². The van der Waals surface area contributed by atoms with E-state index in [0.29, 0.717) is 12.0 Å². The number of phenolic OH excluding ortho intramolecular Hbond substituents is 1. The third kappa shape index (κ3) is 2.40. The van der Waals surface area contributed by atoms with Gasteiger partial charge in [-0.1, -0.05) is 24.9 Å². The van der Waals surface area contributed by atoms with E-state index in [0.717, 1.165) is 12.8 Å². The maximum Gasteiger partial charge on any atom is 0.342 e. The Kier molecular flexibility index (Phi) is 4.29. The summed E-state index contributed by atoms with van der Waals surface area (Å²) in [6.45, 7) is 2.07. The zero-order valence-corrected chi connectivity index (χ0v) is 14.0. The van der Waals surface area contributed by atoms with Gasteiger partial charge >= 0.3 is 5.97 Å². The summed E-state index contributed by atoms with van der Waals surface area (Å²) < 4.78 is 21.8. The molecule has 23 heavy (non-hydrogen) atoms. The van der Waals surface area contributed by atoms with Crippen LogP contribution in [0.25, 0.3) is 0 Å². The normalized spacial score (nSPS) is 25.6. The number of phenols is 1. The van der Waals surface area contributed by atoms with E-state index < -0.39 is 18.2 Å². The highest BCUT2D eigenvalue weighted by Crippen LogP contribution is 2.54. The number of ether oxygens (including phenoxy) is 4. The Hall–Kier alpha value is -1.66. The van der Waals surface area contributed by atoms with E-state index in [4.69, 9.17) is 30.5 Å². The lowest BCUT2D eigenvalue weighted by Gasteiger charge is -2.29. The average Bonchev–Trinajstić information content (AvgIpc) is 2.91. The number of aromatic hydroxyl groups is 1. The van der Waals surface area contributed by atoms with Crippen molar-refractivity contribution in [2.24, 2.45) is 0 Å². The van der Waals surface area contributed by atoms with E-state index in [9.17, 15) is 9.90 Å². The molecule has 0 bridgehead atoms. The maximum absolute atomic E-state index is 12.3. The fourth-order valence-electron chi connectivity index (χ4n) is 3.33. The van der Waals surface area contributed by atoms with Crippen molar-refractivity contribution in [1.82, 2.24) is 0 Å². The van der Waals surface area contributed by atoms with E-state index in [1.807, 2.05) is 0 Å². The van der Waals surface area contributed by atoms with Crippen molar-refractivity contribution in [3.05, 3.63) is 16.1 Å². The molecule has 1 saturated heterocycles. The standard InChI is InChI=1S/C16H19ClO6/c1-4-5-7-6-8-13(22-7)9-10(16(19)23-8)12(18)15(21-3)14(20-2)11(9)17/h7-8,13,18H,4-6H2,1-3H3/t7-,8+,13-/m0/s1. The molecule has 0 radical (unpaired) electrons. The molecule has 6 nitrogen and oxygen atoms in total. The first-order chi connectivity index (χ1) is 11.0. The molecule has 1 aromatic carbocycles. The molecule has 2 aliphatic heterocycles. The van der Waals surface area contributed by atoms with E-state index >= 15 is 0 Å². The highest BCUT2D eigenvalue weighted by Gasteiger charge is 2.47. The Balaban J connectivity index is 2.15. The highest BCUT2D eigenvalue weighted by molar-refractivity contribution is 6.34. The molecular formula is C16H19ClO6. The Labute approximate surface area is 139 Å². The average molecular weight is 343 g/mol. The molecular weight excluding hydrogens is 324 g/mol. The predicted molar refractivity (Wildman–Crippen MR) is 82.6 cm³/mol. The maximum atomic E-state index is 12.3. The van der Waals surface area contributed by atoms with Gasteiger partial charge in [-0.3, -0.25) is 0 Å². The van der Waals surface area contributed by atoms with Crippen LogP contribution in [0, 0.1) is 0 Å². The summed E-state index contributed by atoms with van der Waals surface area (Å²) in [7, 11) is 2.78. The van der Waals surface area contributed by atoms with Gasteiger partial charge in [-0.15, -0.1) is 0 Å². The van der Waals surface area contributed by atoms with Gasteiger partial charge in [0.2, 0.25) is 5.75 Å². The van der Waals surface area contributed by atoms with Crippen LogP contribution >= 0.6 is 11.6 Å². The fourth-order valence-corrected chi connectivity index (χ4v) is 3.69. The first-order valence-electron chi connectivity index (χ1n) is 7.56. The molecule has 126 valence electrons. The van der Waals surface area contributed by atoms with E-state index in [-0.39, 0.29) is 33.9 Å². The van der Waals surface area contributed by atoms with Crippen LogP contribution in [0.3, 0.4) is 0 Å². The highest BCUT2D eigenvalue weighted by atomic mass is 35.5. The van der Waals surface area contributed by atoms with Crippen LogP contribution in [0.2, 0.25) is 5.02 Å². The van der Waals surface area contributed by atoms with Gasteiger partial charge in [-0.25, -0.2) is 4.79 Å². The first kappa shape index (κ1) is 16.2. The Morgan fingerprint density at radius 2 is 2.00 bits per heavy atom. The van der Waals surface area contributed by atoms with Gasteiger partial charge in [0.25, 0.3) is 0 Å². The van der Waals surface area contributed by atoms with Gasteiger partial charge in [-0.05, 0) is 6.42 Å². The summed E-state index contributed by atoms with van der Waals surface area (Å²) in [6.07, 6.45) is 1.56. The van der Waals surface area contributed by atoms with Crippen molar-refractivity contribution >= 4 is 17.6 Å². The number of esters is 1. The van der Waals surface area contributed by atoms with Gasteiger partial charge in [-0.2, -0.15) is 0 Å². The van der Waals surface area contributed by atoms with Crippen LogP contribution in [-0.2, 0) is 9.47 Å². The number of carbonyl (C=O) groups is 1. The number of fused-ring (bicyclic) bond motifs is 3. The van der Waals surface area contributed by atoms with Crippen LogP contribution in [0.4, 0.5) is 0 Å². The quantitative estimate of drug-likeness (QED) is 0.847. The number of hydrogen-bond donors (Lipinski definition) is 1. The third-order valence-electron chi connectivity index (χ3n) is 4.30. The van der Waals surface area contributed by atoms with E-state index in [1.54, 1.807) is 0 Å². The summed E-state index contributed by atoms with van der Waals surface area (Å²) in [5, 5.41) is 10.6. The molecule has 7 heteroatoms. The second-order valence-corrected chi connectivity index (χ2v) is 6.04. The van der Waals surface area contributed by atoms with E-state index in [2.05, 4.69) is 6.92 Å². The lowest BCUT2D eigenvalue weighted by atomic mass is 9.93. The summed E-state index contributed by atoms with van der Waals surface area (Å²) in [5.41, 5.74) is 0.410. The topological polar surface area (TPSA) is 74.2 Å². The van der Waals surface area contributed by atoms with Crippen LogP contribution in [0.15, 0.2) is 0 Å². The predicted octanol–water partition coefficient (Wildman–Crippen LogP) is 3.23. The molecule has 0 aliphatic carbocycles. The molecule has 1 N–H and O–H groups in total. The zero-order valence-electron chi connectivity index (χ0n) is 13.2. The molecule has 2 aliphatic rings. The number of methoxy groups -OCH3 is 2. The molecule has 1 fully saturated rings. The molecule has 2 heterocycles. The number of hydrogen-bond acceptors (Lipinski definition) is 6. The number of benzene rings is 1. The minimum Gasteiger partial charge on any atom is -0.504 e. The summed E-state index contributed by atoms with van der Waals surface area (Å²) in [6, 6.07) is 0. The molecule has 0 amide bonds. The van der Waals surface area contributed by atoms with Crippen molar-refractivity contribution in [2.75, 3.05) is 14.2 Å². The monoisotopic (exact) mass is 342 g/mol. The van der Waals surface area contributed by atoms with Crippen molar-refractivity contribution in [3.8, 4) is 17.2 Å². The van der Waals surface area contributed by atoms with Crippen LogP contribution in [-0.4, -0.2) is 37.5 Å². The van der Waals surface area contributed by atoms with Gasteiger partial charge in [0.05, 0.1) is 25.3 Å². The zero-order chi connectivity index (χ0) is 16.7. The molecule has 0 unspecified atom stereocenters. The van der Waals surface area contributed by atoms with Gasteiger partial charge < -0.3 is 24.1 Å². The van der Waals surface area contributed by atoms with Crippen molar-refractivity contribution < 1.29 is 28.8 Å². The molecule has 0 saturated carbocycles. The van der Waals surface area contributed by atoms with Crippen LogP contribution in [0.5, 0.6) is 17.2 Å². The molecule has 3 rings (SSSR count). The summed E-state index contributed by atoms with van der Waals surface area (Å²) >= 11 is 6.44. The first-order valence-corrected chi connectivity index (χ1v) is 7.93. The van der Waals surface area contributed by atoms with E-state index in [1.165, 1.54) is 14.2 Å². The minimum atomic E-state index is -0.623. The molecule has 0 aromatic heterocycles. The SMILES string of the molecule is CCC[C@H]1C[C@H]2OC(=O)c3c(O)c(OC)c(OC)c(Cl)c3[C@H]2O1. The third-order valence-corrected chi connectivity index (χ3v) is 4.68. The molecule has 3 atom stereocenters. The Bertz CT molecular complexity index is 644.